The van der Waals surface area contributed by atoms with Crippen molar-refractivity contribution in [1.29, 1.82) is 0 Å². The maximum atomic E-state index is 10.4. The van der Waals surface area contributed by atoms with Crippen molar-refractivity contribution in [2.75, 3.05) is 6.61 Å². The smallest absolute Gasteiger partial charge is 0.146 e. The van der Waals surface area contributed by atoms with Gasteiger partial charge in [0.05, 0.1) is 6.61 Å². The first-order chi connectivity index (χ1) is 12.3. The van der Waals surface area contributed by atoms with Crippen LogP contribution < -0.4 is 4.74 Å². The van der Waals surface area contributed by atoms with Crippen LogP contribution in [-0.4, -0.2) is 26.1 Å². The summed E-state index contributed by atoms with van der Waals surface area (Å²) < 4.78 is 5.78. The van der Waals surface area contributed by atoms with Crippen molar-refractivity contribution in [3.05, 3.63) is 42.5 Å². The molecule has 2 aliphatic rings. The fraction of sp³-hybridized carbons (Fsp3) is 0.500. The average Bonchev–Trinajstić information content (AvgIpc) is 3.27. The molecule has 2 heterocycles. The number of hydrogen-bond acceptors (Lipinski definition) is 2. The SMILES string of the molecule is CCCCCCCCOc1ccc(-n2n3n2C2C=CC=CC23)c(O)c1. The molecule has 134 valence electrons. The summed E-state index contributed by atoms with van der Waals surface area (Å²) >= 11 is 0. The van der Waals surface area contributed by atoms with Gasteiger partial charge in [0.25, 0.3) is 0 Å². The number of phenolic OH excluding ortho intramolecular Hbond substituents is 1. The average molecular weight is 341 g/mol. The molecule has 5 nitrogen and oxygen atoms in total. The summed E-state index contributed by atoms with van der Waals surface area (Å²) in [6.45, 7) is 2.95. The zero-order chi connectivity index (χ0) is 17.2. The molecule has 1 aliphatic carbocycles. The molecule has 1 aliphatic heterocycles. The Balaban J connectivity index is 1.30. The number of rotatable bonds is 9. The van der Waals surface area contributed by atoms with Crippen LogP contribution in [0.15, 0.2) is 42.5 Å². The number of fused-ring (bicyclic) bond motifs is 4. The lowest BCUT2D eigenvalue weighted by Gasteiger charge is -2.25. The normalized spacial score (nSPS) is 20.4. The van der Waals surface area contributed by atoms with Gasteiger partial charge in [-0.05, 0) is 18.6 Å². The number of allylic oxidation sites excluding steroid dienone is 4. The molecule has 0 spiro atoms. The van der Waals surface area contributed by atoms with Crippen molar-refractivity contribution in [2.45, 2.75) is 57.5 Å². The lowest BCUT2D eigenvalue weighted by molar-refractivity contribution is 0.302. The van der Waals surface area contributed by atoms with Crippen LogP contribution in [0.5, 0.6) is 11.5 Å². The van der Waals surface area contributed by atoms with E-state index in [-0.39, 0.29) is 5.75 Å². The van der Waals surface area contributed by atoms with E-state index in [4.69, 9.17) is 4.74 Å². The highest BCUT2D eigenvalue weighted by Gasteiger charge is 2.46. The minimum absolute atomic E-state index is 0.263. The lowest BCUT2D eigenvalue weighted by Crippen LogP contribution is -2.26. The van der Waals surface area contributed by atoms with E-state index in [1.54, 1.807) is 6.07 Å². The molecule has 2 unspecified atom stereocenters. The zero-order valence-electron chi connectivity index (χ0n) is 14.8. The van der Waals surface area contributed by atoms with Crippen LogP contribution >= 0.6 is 0 Å². The number of phenols is 1. The largest absolute Gasteiger partial charge is 0.505 e. The summed E-state index contributed by atoms with van der Waals surface area (Å²) in [5, 5.41) is 10.4. The Morgan fingerprint density at radius 1 is 0.960 bits per heavy atom. The fourth-order valence-corrected chi connectivity index (χ4v) is 3.67. The molecule has 1 aromatic carbocycles. The maximum Gasteiger partial charge on any atom is 0.146 e. The van der Waals surface area contributed by atoms with Crippen molar-refractivity contribution in [2.24, 2.45) is 0 Å². The highest BCUT2D eigenvalue weighted by molar-refractivity contribution is 5.50. The van der Waals surface area contributed by atoms with Crippen molar-refractivity contribution < 1.29 is 9.84 Å². The van der Waals surface area contributed by atoms with Gasteiger partial charge in [-0.2, -0.15) is 14.4 Å². The van der Waals surface area contributed by atoms with Crippen molar-refractivity contribution in [3.8, 4) is 17.2 Å². The van der Waals surface area contributed by atoms with Crippen LogP contribution in [0.3, 0.4) is 0 Å². The van der Waals surface area contributed by atoms with Crippen LogP contribution in [0, 0.1) is 0 Å². The summed E-state index contributed by atoms with van der Waals surface area (Å²) in [6, 6.07) is 6.37. The second kappa shape index (κ2) is 6.90. The number of nitrogens with zero attached hydrogens (tertiary/aromatic N) is 3. The van der Waals surface area contributed by atoms with Crippen LogP contribution in [0.2, 0.25) is 0 Å². The molecule has 5 heteroatoms. The van der Waals surface area contributed by atoms with Crippen molar-refractivity contribution >= 4 is 0 Å². The van der Waals surface area contributed by atoms with E-state index in [0.29, 0.717) is 18.7 Å². The fourth-order valence-electron chi connectivity index (χ4n) is 3.67. The molecule has 0 amide bonds. The number of aromatic nitrogens is 3. The third-order valence-electron chi connectivity index (χ3n) is 5.11. The quantitative estimate of drug-likeness (QED) is 0.669. The van der Waals surface area contributed by atoms with E-state index < -0.39 is 0 Å². The summed E-state index contributed by atoms with van der Waals surface area (Å²) in [5.41, 5.74) is 0.808. The molecule has 1 aromatic heterocycles. The van der Waals surface area contributed by atoms with Crippen molar-refractivity contribution in [1.82, 2.24) is 14.4 Å². The molecule has 0 saturated heterocycles. The van der Waals surface area contributed by atoms with Gasteiger partial charge < -0.3 is 9.84 Å². The van der Waals surface area contributed by atoms with Crippen LogP contribution in [0.1, 0.15) is 57.5 Å². The standard InChI is InChI=1S/C20H27N3O2/c1-2-3-4-5-6-9-14-25-16-12-13-19(20(24)15-16)23-21-17-10-7-8-11-18(17)22(21)23/h7-8,10-13,15,17-18,24H,2-6,9,14H2,1H3. The van der Waals surface area contributed by atoms with Crippen LogP contribution in [0.4, 0.5) is 0 Å². The monoisotopic (exact) mass is 341 g/mol. The molecule has 0 fully saturated rings. The summed E-state index contributed by atoms with van der Waals surface area (Å²) in [4.78, 5) is 6.33. The van der Waals surface area contributed by atoms with Gasteiger partial charge in [-0.15, -0.1) is 0 Å². The second-order valence-electron chi connectivity index (χ2n) is 6.95. The highest BCUT2D eigenvalue weighted by Crippen LogP contribution is 2.45. The molecule has 0 bridgehead atoms. The van der Waals surface area contributed by atoms with Gasteiger partial charge in [0.2, 0.25) is 0 Å². The zero-order valence-corrected chi connectivity index (χ0v) is 14.8. The van der Waals surface area contributed by atoms with Gasteiger partial charge in [-0.3, -0.25) is 0 Å². The van der Waals surface area contributed by atoms with E-state index in [1.165, 1.54) is 32.1 Å². The topological polar surface area (TPSA) is 44.2 Å². The molecule has 1 N–H and O–H groups in total. The first kappa shape index (κ1) is 16.2. The van der Waals surface area contributed by atoms with Gasteiger partial charge in [0, 0.05) is 6.07 Å². The van der Waals surface area contributed by atoms with E-state index in [9.17, 15) is 5.11 Å². The lowest BCUT2D eigenvalue weighted by atomic mass is 10.0. The minimum Gasteiger partial charge on any atom is -0.505 e. The van der Waals surface area contributed by atoms with Gasteiger partial charge in [-0.1, -0.05) is 63.3 Å². The Kier molecular flexibility index (Phi) is 4.47. The molecule has 4 rings (SSSR count). The van der Waals surface area contributed by atoms with E-state index >= 15 is 0 Å². The van der Waals surface area contributed by atoms with Crippen LogP contribution in [-0.2, 0) is 0 Å². The predicted octanol–water partition coefficient (Wildman–Crippen LogP) is 4.75. The molecule has 0 saturated carbocycles. The van der Waals surface area contributed by atoms with Gasteiger partial charge >= 0.3 is 0 Å². The Morgan fingerprint density at radius 2 is 1.64 bits per heavy atom. The maximum absolute atomic E-state index is 10.4. The number of benzene rings is 1. The summed E-state index contributed by atoms with van der Waals surface area (Å²) in [6.07, 6.45) is 16.0. The molecule has 0 radical (unpaired) electrons. The van der Waals surface area contributed by atoms with E-state index in [2.05, 4.69) is 40.8 Å². The third kappa shape index (κ3) is 3.03. The molecular formula is C20H27N3O2. The third-order valence-corrected chi connectivity index (χ3v) is 5.11. The first-order valence-electron chi connectivity index (χ1n) is 9.50. The second-order valence-corrected chi connectivity index (χ2v) is 6.95. The molecule has 25 heavy (non-hydrogen) atoms. The number of ether oxygens (including phenoxy) is 1. The summed E-state index contributed by atoms with van der Waals surface area (Å²) in [5.74, 6) is 1.01. The Labute approximate surface area is 148 Å². The molecule has 2 atom stereocenters. The van der Waals surface area contributed by atoms with E-state index in [1.807, 2.05) is 16.9 Å². The Morgan fingerprint density at radius 3 is 2.32 bits per heavy atom. The minimum atomic E-state index is 0.263. The van der Waals surface area contributed by atoms with Gasteiger partial charge in [-0.25, -0.2) is 0 Å². The number of unbranched alkanes of at least 4 members (excludes halogenated alkanes) is 5. The predicted molar refractivity (Wildman–Crippen MR) is 98.6 cm³/mol. The number of hydrogen-bond donors (Lipinski definition) is 1. The van der Waals surface area contributed by atoms with E-state index in [0.717, 1.165) is 17.9 Å². The van der Waals surface area contributed by atoms with Crippen LogP contribution in [0.25, 0.3) is 5.69 Å². The van der Waals surface area contributed by atoms with Gasteiger partial charge in [0.15, 0.2) is 0 Å². The molecule has 2 aromatic rings. The first-order valence-corrected chi connectivity index (χ1v) is 9.50. The summed E-state index contributed by atoms with van der Waals surface area (Å²) in [7, 11) is 0. The Hall–Kier alpha value is -2.30. The highest BCUT2D eigenvalue weighted by atomic mass is 16.5. The van der Waals surface area contributed by atoms with Gasteiger partial charge in [0.1, 0.15) is 29.3 Å². The Bertz CT molecular complexity index is 747. The molecular weight excluding hydrogens is 314 g/mol. The number of aromatic hydroxyl groups is 1. The van der Waals surface area contributed by atoms with Crippen molar-refractivity contribution in [3.63, 3.8) is 0 Å².